The van der Waals surface area contributed by atoms with Crippen LogP contribution in [-0.4, -0.2) is 18.4 Å². The fraction of sp³-hybridized carbons (Fsp3) is 0.875. The molecule has 0 heterocycles. The Balaban J connectivity index is 3.97. The number of ether oxygens (including phenoxy) is 2. The summed E-state index contributed by atoms with van der Waals surface area (Å²) in [5.74, 6) is -0.754. The lowest BCUT2D eigenvalue weighted by atomic mass is 10.2. The van der Waals surface area contributed by atoms with Crippen LogP contribution in [-0.2, 0) is 14.3 Å². The van der Waals surface area contributed by atoms with Crippen LogP contribution in [0.3, 0.4) is 0 Å². The van der Waals surface area contributed by atoms with E-state index in [4.69, 9.17) is 9.47 Å². The van der Waals surface area contributed by atoms with Crippen molar-refractivity contribution in [1.82, 2.24) is 0 Å². The van der Waals surface area contributed by atoms with Gasteiger partial charge in [0.15, 0.2) is 0 Å². The van der Waals surface area contributed by atoms with Gasteiger partial charge in [-0.25, -0.2) is 0 Å². The number of carbonyl (C=O) groups is 1. The molecule has 0 amide bonds. The fourth-order valence-electron chi connectivity index (χ4n) is 0.795. The molecule has 0 fully saturated rings. The first-order valence-corrected chi connectivity index (χ1v) is 3.83. The predicted molar refractivity (Wildman–Crippen MR) is 42.1 cm³/mol. The maximum Gasteiger partial charge on any atom is 0.295 e. The van der Waals surface area contributed by atoms with Crippen LogP contribution in [0.25, 0.3) is 0 Å². The zero-order chi connectivity index (χ0) is 8.91. The summed E-state index contributed by atoms with van der Waals surface area (Å²) in [4.78, 5) is 10.1. The summed E-state index contributed by atoms with van der Waals surface area (Å²) < 4.78 is 10.2. The lowest BCUT2D eigenvalue weighted by Crippen LogP contribution is -2.33. The molecule has 0 aromatic rings. The second-order valence-corrected chi connectivity index (χ2v) is 2.87. The molecule has 0 aliphatic heterocycles. The number of hydrogen-bond donors (Lipinski definition) is 0. The Bertz CT molecular complexity index is 123. The molecule has 0 spiro atoms. The van der Waals surface area contributed by atoms with Crippen molar-refractivity contribution in [2.75, 3.05) is 0 Å². The maximum absolute atomic E-state index is 10.1. The van der Waals surface area contributed by atoms with Crippen molar-refractivity contribution in [2.45, 2.75) is 46.0 Å². The number of carbonyl (C=O) groups excluding carboxylic acids is 1. The van der Waals surface area contributed by atoms with Gasteiger partial charge in [-0.2, -0.15) is 0 Å². The van der Waals surface area contributed by atoms with E-state index in [0.717, 1.165) is 0 Å². The van der Waals surface area contributed by atoms with E-state index in [0.29, 0.717) is 12.9 Å². The lowest BCUT2D eigenvalue weighted by molar-refractivity contribution is -0.227. The Morgan fingerprint density at radius 3 is 2.36 bits per heavy atom. The zero-order valence-electron chi connectivity index (χ0n) is 7.59. The smallest absolute Gasteiger partial charge is 0.295 e. The molecule has 0 N–H and O–H groups in total. The van der Waals surface area contributed by atoms with Crippen LogP contribution in [0, 0.1) is 0 Å². The third-order valence-electron chi connectivity index (χ3n) is 1.42. The highest BCUT2D eigenvalue weighted by Gasteiger charge is 2.25. The van der Waals surface area contributed by atoms with E-state index < -0.39 is 5.79 Å². The Hall–Kier alpha value is -0.570. The summed E-state index contributed by atoms with van der Waals surface area (Å²) in [5, 5.41) is 0. The normalized spacial score (nSPS) is 16.1. The lowest BCUT2D eigenvalue weighted by Gasteiger charge is -2.28. The Labute approximate surface area is 67.7 Å². The van der Waals surface area contributed by atoms with E-state index in [-0.39, 0.29) is 6.10 Å². The van der Waals surface area contributed by atoms with Crippen LogP contribution in [0.2, 0.25) is 0 Å². The van der Waals surface area contributed by atoms with E-state index in [1.165, 1.54) is 0 Å². The molecule has 66 valence electrons. The van der Waals surface area contributed by atoms with Crippen molar-refractivity contribution in [1.29, 1.82) is 0 Å². The second-order valence-electron chi connectivity index (χ2n) is 2.87. The first-order chi connectivity index (χ1) is 5.04. The largest absolute Gasteiger partial charge is 0.436 e. The molecule has 1 atom stereocenters. The van der Waals surface area contributed by atoms with Gasteiger partial charge in [-0.1, -0.05) is 6.92 Å². The molecule has 0 saturated heterocycles. The van der Waals surface area contributed by atoms with Gasteiger partial charge in [-0.15, -0.1) is 0 Å². The van der Waals surface area contributed by atoms with Crippen molar-refractivity contribution >= 4 is 6.47 Å². The quantitative estimate of drug-likeness (QED) is 0.453. The molecule has 3 heteroatoms. The number of hydrogen-bond acceptors (Lipinski definition) is 3. The first kappa shape index (κ1) is 10.4. The Morgan fingerprint density at radius 1 is 1.55 bits per heavy atom. The van der Waals surface area contributed by atoms with Gasteiger partial charge in [0.2, 0.25) is 5.79 Å². The highest BCUT2D eigenvalue weighted by molar-refractivity contribution is 5.37. The van der Waals surface area contributed by atoms with E-state index in [1.807, 2.05) is 20.8 Å². The molecular formula is C8H16O3. The third kappa shape index (κ3) is 3.98. The predicted octanol–water partition coefficient (Wildman–Crippen LogP) is 1.71. The van der Waals surface area contributed by atoms with Gasteiger partial charge < -0.3 is 9.47 Å². The zero-order valence-corrected chi connectivity index (χ0v) is 7.59. The van der Waals surface area contributed by atoms with Crippen molar-refractivity contribution < 1.29 is 14.3 Å². The molecule has 0 bridgehead atoms. The van der Waals surface area contributed by atoms with Gasteiger partial charge >= 0.3 is 0 Å². The van der Waals surface area contributed by atoms with Crippen molar-refractivity contribution in [3.05, 3.63) is 0 Å². The molecule has 0 aliphatic carbocycles. The van der Waals surface area contributed by atoms with Crippen molar-refractivity contribution in [3.63, 3.8) is 0 Å². The fourth-order valence-corrected chi connectivity index (χ4v) is 0.795. The van der Waals surface area contributed by atoms with E-state index >= 15 is 0 Å². The molecule has 0 saturated carbocycles. The minimum absolute atomic E-state index is 0.0694. The van der Waals surface area contributed by atoms with Crippen molar-refractivity contribution in [2.24, 2.45) is 0 Å². The van der Waals surface area contributed by atoms with Gasteiger partial charge in [0, 0.05) is 13.3 Å². The van der Waals surface area contributed by atoms with Gasteiger partial charge in [-0.3, -0.25) is 4.79 Å². The minimum Gasteiger partial charge on any atom is -0.436 e. The molecule has 0 radical (unpaired) electrons. The van der Waals surface area contributed by atoms with Crippen LogP contribution < -0.4 is 0 Å². The second kappa shape index (κ2) is 4.34. The van der Waals surface area contributed by atoms with Gasteiger partial charge in [0.1, 0.15) is 0 Å². The van der Waals surface area contributed by atoms with Gasteiger partial charge in [-0.05, 0) is 13.8 Å². The topological polar surface area (TPSA) is 35.5 Å². The van der Waals surface area contributed by atoms with Crippen LogP contribution in [0.5, 0.6) is 0 Å². The summed E-state index contributed by atoms with van der Waals surface area (Å²) in [5.41, 5.74) is 0. The summed E-state index contributed by atoms with van der Waals surface area (Å²) in [6.07, 6.45) is 0.726. The molecule has 3 nitrogen and oxygen atoms in total. The summed E-state index contributed by atoms with van der Waals surface area (Å²) >= 11 is 0. The SMILES string of the molecule is CCC(C)(OC=O)OC(C)C. The summed E-state index contributed by atoms with van der Waals surface area (Å²) in [7, 11) is 0. The first-order valence-electron chi connectivity index (χ1n) is 3.83. The molecule has 0 rings (SSSR count). The average Bonchev–Trinajstić information content (AvgIpc) is 1.87. The molecular weight excluding hydrogens is 144 g/mol. The van der Waals surface area contributed by atoms with E-state index in [2.05, 4.69) is 0 Å². The molecule has 0 aliphatic rings. The Kier molecular flexibility index (Phi) is 4.11. The van der Waals surface area contributed by atoms with E-state index in [9.17, 15) is 4.79 Å². The van der Waals surface area contributed by atoms with E-state index in [1.54, 1.807) is 6.92 Å². The highest BCUT2D eigenvalue weighted by atomic mass is 16.7. The van der Waals surface area contributed by atoms with Crippen LogP contribution >= 0.6 is 0 Å². The molecule has 1 unspecified atom stereocenters. The molecule has 11 heavy (non-hydrogen) atoms. The monoisotopic (exact) mass is 160 g/mol. The van der Waals surface area contributed by atoms with Crippen LogP contribution in [0.15, 0.2) is 0 Å². The average molecular weight is 160 g/mol. The summed E-state index contributed by atoms with van der Waals surface area (Å²) in [6, 6.07) is 0. The third-order valence-corrected chi connectivity index (χ3v) is 1.42. The van der Waals surface area contributed by atoms with Crippen LogP contribution in [0.1, 0.15) is 34.1 Å². The summed E-state index contributed by atoms with van der Waals surface area (Å²) in [6.45, 7) is 7.89. The maximum atomic E-state index is 10.1. The van der Waals surface area contributed by atoms with Crippen LogP contribution in [0.4, 0.5) is 0 Å². The molecule has 0 aromatic carbocycles. The van der Waals surface area contributed by atoms with Crippen molar-refractivity contribution in [3.8, 4) is 0 Å². The minimum atomic E-state index is -0.754. The van der Waals surface area contributed by atoms with Gasteiger partial charge in [0.05, 0.1) is 6.10 Å². The number of rotatable bonds is 5. The van der Waals surface area contributed by atoms with Gasteiger partial charge in [0.25, 0.3) is 6.47 Å². The standard InChI is InChI=1S/C8H16O3/c1-5-8(4,10-6-9)11-7(2)3/h6-7H,5H2,1-4H3. The Morgan fingerprint density at radius 2 is 2.09 bits per heavy atom. The molecule has 0 aromatic heterocycles. The highest BCUT2D eigenvalue weighted by Crippen LogP contribution is 2.17.